The highest BCUT2D eigenvalue weighted by Gasteiger charge is 2.25. The maximum absolute atomic E-state index is 5.24. The van der Waals surface area contributed by atoms with Gasteiger partial charge in [-0.05, 0) is 18.8 Å². The predicted octanol–water partition coefficient (Wildman–Crippen LogP) is 1.98. The molecule has 0 aromatic carbocycles. The van der Waals surface area contributed by atoms with Crippen LogP contribution in [0.3, 0.4) is 0 Å². The number of imidazole rings is 1. The van der Waals surface area contributed by atoms with Crippen molar-refractivity contribution >= 4 is 0 Å². The van der Waals surface area contributed by atoms with Gasteiger partial charge < -0.3 is 14.6 Å². The van der Waals surface area contributed by atoms with Crippen LogP contribution >= 0.6 is 0 Å². The minimum Gasteiger partial charge on any atom is -0.383 e. The van der Waals surface area contributed by atoms with Gasteiger partial charge in [-0.1, -0.05) is 13.8 Å². The lowest BCUT2D eigenvalue weighted by atomic mass is 10.1. The van der Waals surface area contributed by atoms with Crippen LogP contribution in [0.25, 0.3) is 0 Å². The van der Waals surface area contributed by atoms with Gasteiger partial charge in [-0.3, -0.25) is 0 Å². The molecule has 1 aromatic heterocycles. The molecule has 1 unspecified atom stereocenters. The SMILES string of the molecule is COCC(NCc1cncn1C1CC1)C(C)C. The third kappa shape index (κ3) is 3.30. The van der Waals surface area contributed by atoms with E-state index in [1.54, 1.807) is 7.11 Å². The molecule has 0 saturated heterocycles. The number of ether oxygens (including phenoxy) is 1. The first-order valence-corrected chi connectivity index (χ1v) is 6.45. The van der Waals surface area contributed by atoms with Crippen LogP contribution in [0.2, 0.25) is 0 Å². The van der Waals surface area contributed by atoms with E-state index in [2.05, 4.69) is 28.7 Å². The van der Waals surface area contributed by atoms with Crippen molar-refractivity contribution in [3.05, 3.63) is 18.2 Å². The molecular weight excluding hydrogens is 214 g/mol. The summed E-state index contributed by atoms with van der Waals surface area (Å²) in [5.74, 6) is 0.576. The van der Waals surface area contributed by atoms with Gasteiger partial charge in [0.2, 0.25) is 0 Å². The van der Waals surface area contributed by atoms with E-state index in [9.17, 15) is 0 Å². The molecule has 1 heterocycles. The summed E-state index contributed by atoms with van der Waals surface area (Å²) >= 11 is 0. The second-order valence-corrected chi connectivity index (χ2v) is 5.21. The molecule has 0 radical (unpaired) electrons. The summed E-state index contributed by atoms with van der Waals surface area (Å²) in [5, 5.41) is 3.56. The number of rotatable bonds is 7. The highest BCUT2D eigenvalue weighted by molar-refractivity contribution is 5.03. The summed E-state index contributed by atoms with van der Waals surface area (Å²) < 4.78 is 7.54. The van der Waals surface area contributed by atoms with E-state index in [1.165, 1.54) is 18.5 Å². The molecule has 1 atom stereocenters. The van der Waals surface area contributed by atoms with Gasteiger partial charge in [-0.15, -0.1) is 0 Å². The molecule has 1 aliphatic rings. The summed E-state index contributed by atoms with van der Waals surface area (Å²) in [6.45, 7) is 6.07. The van der Waals surface area contributed by atoms with E-state index < -0.39 is 0 Å². The molecule has 1 saturated carbocycles. The molecule has 1 fully saturated rings. The molecule has 4 heteroatoms. The van der Waals surface area contributed by atoms with Crippen LogP contribution in [0, 0.1) is 5.92 Å². The Hall–Kier alpha value is -0.870. The minimum atomic E-state index is 0.405. The average molecular weight is 237 g/mol. The smallest absolute Gasteiger partial charge is 0.0951 e. The van der Waals surface area contributed by atoms with E-state index in [0.29, 0.717) is 18.0 Å². The zero-order valence-corrected chi connectivity index (χ0v) is 11.0. The van der Waals surface area contributed by atoms with Crippen molar-refractivity contribution in [1.29, 1.82) is 0 Å². The number of methoxy groups -OCH3 is 1. The van der Waals surface area contributed by atoms with Crippen molar-refractivity contribution < 1.29 is 4.74 Å². The molecule has 0 amide bonds. The molecule has 0 aliphatic heterocycles. The lowest BCUT2D eigenvalue weighted by molar-refractivity contribution is 0.146. The fourth-order valence-corrected chi connectivity index (χ4v) is 2.05. The topological polar surface area (TPSA) is 39.1 Å². The van der Waals surface area contributed by atoms with E-state index in [1.807, 2.05) is 12.5 Å². The third-order valence-electron chi connectivity index (χ3n) is 3.38. The minimum absolute atomic E-state index is 0.405. The quantitative estimate of drug-likeness (QED) is 0.788. The van der Waals surface area contributed by atoms with Crippen LogP contribution in [0.5, 0.6) is 0 Å². The van der Waals surface area contributed by atoms with Crippen LogP contribution in [-0.2, 0) is 11.3 Å². The van der Waals surface area contributed by atoms with Crippen molar-refractivity contribution in [1.82, 2.24) is 14.9 Å². The largest absolute Gasteiger partial charge is 0.383 e. The second-order valence-electron chi connectivity index (χ2n) is 5.21. The normalized spacial score (nSPS) is 17.6. The molecule has 1 N–H and O–H groups in total. The Kier molecular flexibility index (Phi) is 4.18. The molecule has 1 aliphatic carbocycles. The molecule has 17 heavy (non-hydrogen) atoms. The molecule has 0 bridgehead atoms. The number of nitrogens with one attached hydrogen (secondary N) is 1. The Morgan fingerprint density at radius 3 is 2.88 bits per heavy atom. The first-order valence-electron chi connectivity index (χ1n) is 6.45. The fourth-order valence-electron chi connectivity index (χ4n) is 2.05. The Labute approximate surface area is 103 Å². The maximum Gasteiger partial charge on any atom is 0.0951 e. The van der Waals surface area contributed by atoms with E-state index in [4.69, 9.17) is 4.74 Å². The van der Waals surface area contributed by atoms with E-state index >= 15 is 0 Å². The summed E-state index contributed by atoms with van der Waals surface area (Å²) in [4.78, 5) is 4.24. The van der Waals surface area contributed by atoms with Crippen molar-refractivity contribution in [3.63, 3.8) is 0 Å². The van der Waals surface area contributed by atoms with Crippen molar-refractivity contribution in [2.45, 2.75) is 45.3 Å². The molecule has 1 aromatic rings. The van der Waals surface area contributed by atoms with Gasteiger partial charge in [0.1, 0.15) is 0 Å². The molecule has 96 valence electrons. The molecule has 0 spiro atoms. The number of hydrogen-bond acceptors (Lipinski definition) is 3. The van der Waals surface area contributed by atoms with Crippen LogP contribution in [0.4, 0.5) is 0 Å². The van der Waals surface area contributed by atoms with Gasteiger partial charge in [0.25, 0.3) is 0 Å². The lowest BCUT2D eigenvalue weighted by Gasteiger charge is -2.21. The molecule has 2 rings (SSSR count). The first-order chi connectivity index (χ1) is 8.22. The standard InChI is InChI=1S/C13H23N3O/c1-10(2)13(8-17-3)15-7-12-6-14-9-16(12)11-4-5-11/h6,9-11,13,15H,4-5,7-8H2,1-3H3. The summed E-state index contributed by atoms with van der Waals surface area (Å²) in [6.07, 6.45) is 6.52. The third-order valence-corrected chi connectivity index (χ3v) is 3.38. The van der Waals surface area contributed by atoms with Crippen LogP contribution in [0.15, 0.2) is 12.5 Å². The van der Waals surface area contributed by atoms with Gasteiger partial charge >= 0.3 is 0 Å². The monoisotopic (exact) mass is 237 g/mol. The Balaban J connectivity index is 1.89. The average Bonchev–Trinajstić information content (AvgIpc) is 3.04. The van der Waals surface area contributed by atoms with Crippen molar-refractivity contribution in [2.75, 3.05) is 13.7 Å². The van der Waals surface area contributed by atoms with Crippen LogP contribution < -0.4 is 5.32 Å². The maximum atomic E-state index is 5.24. The lowest BCUT2D eigenvalue weighted by Crippen LogP contribution is -2.37. The first kappa shape index (κ1) is 12.6. The Morgan fingerprint density at radius 2 is 2.29 bits per heavy atom. The van der Waals surface area contributed by atoms with E-state index in [-0.39, 0.29) is 0 Å². The zero-order valence-electron chi connectivity index (χ0n) is 11.0. The summed E-state index contributed by atoms with van der Waals surface area (Å²) in [7, 11) is 1.76. The Bertz CT molecular complexity index is 344. The van der Waals surface area contributed by atoms with Gasteiger partial charge in [0.15, 0.2) is 0 Å². The second kappa shape index (κ2) is 5.65. The van der Waals surface area contributed by atoms with Gasteiger partial charge in [0, 0.05) is 31.9 Å². The van der Waals surface area contributed by atoms with Crippen molar-refractivity contribution in [3.8, 4) is 0 Å². The van der Waals surface area contributed by atoms with Gasteiger partial charge in [0.05, 0.1) is 18.6 Å². The van der Waals surface area contributed by atoms with Crippen molar-refractivity contribution in [2.24, 2.45) is 5.92 Å². The van der Waals surface area contributed by atoms with Gasteiger partial charge in [-0.25, -0.2) is 4.98 Å². The van der Waals surface area contributed by atoms with Crippen LogP contribution in [0.1, 0.15) is 38.4 Å². The number of hydrogen-bond donors (Lipinski definition) is 1. The summed E-state index contributed by atoms with van der Waals surface area (Å²) in [5.41, 5.74) is 1.29. The van der Waals surface area contributed by atoms with Crippen LogP contribution in [-0.4, -0.2) is 29.3 Å². The highest BCUT2D eigenvalue weighted by Crippen LogP contribution is 2.35. The number of aromatic nitrogens is 2. The molecule has 4 nitrogen and oxygen atoms in total. The zero-order chi connectivity index (χ0) is 12.3. The Morgan fingerprint density at radius 1 is 1.53 bits per heavy atom. The number of nitrogens with zero attached hydrogens (tertiary/aromatic N) is 2. The molecular formula is C13H23N3O. The van der Waals surface area contributed by atoms with E-state index in [0.717, 1.165) is 13.2 Å². The fraction of sp³-hybridized carbons (Fsp3) is 0.769. The summed E-state index contributed by atoms with van der Waals surface area (Å²) in [6, 6.07) is 1.11. The van der Waals surface area contributed by atoms with Gasteiger partial charge in [-0.2, -0.15) is 0 Å². The predicted molar refractivity (Wildman–Crippen MR) is 67.8 cm³/mol. The highest BCUT2D eigenvalue weighted by atomic mass is 16.5.